The molecule has 0 fully saturated rings. The first-order valence-corrected chi connectivity index (χ1v) is 5.76. The van der Waals surface area contributed by atoms with Crippen molar-refractivity contribution in [2.45, 2.75) is 26.1 Å². The number of benzene rings is 1. The van der Waals surface area contributed by atoms with E-state index in [0.29, 0.717) is 18.8 Å². The monoisotopic (exact) mass is 236 g/mol. The summed E-state index contributed by atoms with van der Waals surface area (Å²) in [5.41, 5.74) is 2.84. The van der Waals surface area contributed by atoms with Gasteiger partial charge in [0.15, 0.2) is 6.10 Å². The summed E-state index contributed by atoms with van der Waals surface area (Å²) in [5.74, 6) is -0.598. The van der Waals surface area contributed by atoms with Gasteiger partial charge in [-0.15, -0.1) is 0 Å². The molecular weight excluding hydrogens is 220 g/mol. The Balaban J connectivity index is 2.18. The van der Waals surface area contributed by atoms with Crippen LogP contribution in [-0.2, 0) is 27.3 Å². The van der Waals surface area contributed by atoms with Crippen molar-refractivity contribution in [1.29, 1.82) is 0 Å². The van der Waals surface area contributed by atoms with Crippen molar-refractivity contribution in [3.63, 3.8) is 0 Å². The largest absolute Gasteiger partial charge is 0.464 e. The molecule has 4 nitrogen and oxygen atoms in total. The Bertz CT molecular complexity index is 414. The zero-order valence-corrected chi connectivity index (χ0v) is 9.81. The van der Waals surface area contributed by atoms with Crippen molar-refractivity contribution in [2.75, 3.05) is 13.2 Å². The molecule has 1 aromatic carbocycles. The Morgan fingerprint density at radius 3 is 3.12 bits per heavy atom. The normalized spacial score (nSPS) is 16.1. The summed E-state index contributed by atoms with van der Waals surface area (Å²) in [6.07, 6.45) is -0.373. The van der Waals surface area contributed by atoms with E-state index in [-0.39, 0.29) is 6.61 Å². The van der Waals surface area contributed by atoms with Crippen LogP contribution in [0.3, 0.4) is 0 Å². The molecular formula is C13H16O4. The van der Waals surface area contributed by atoms with Crippen molar-refractivity contribution in [3.05, 3.63) is 34.9 Å². The third kappa shape index (κ3) is 2.65. The third-order valence-electron chi connectivity index (χ3n) is 2.83. The molecule has 1 atom stereocenters. The Morgan fingerprint density at radius 2 is 2.35 bits per heavy atom. The summed E-state index contributed by atoms with van der Waals surface area (Å²) in [6, 6.07) is 5.50. The van der Waals surface area contributed by atoms with Gasteiger partial charge in [-0.2, -0.15) is 0 Å². The molecule has 2 rings (SSSR count). The number of esters is 1. The minimum atomic E-state index is -1.19. The predicted octanol–water partition coefficient (Wildman–Crippen LogP) is 1.36. The van der Waals surface area contributed by atoms with E-state index in [1.54, 1.807) is 13.0 Å². The number of carbonyl (C=O) groups excluding carboxylic acids is 1. The molecule has 0 spiro atoms. The van der Waals surface area contributed by atoms with E-state index in [1.165, 1.54) is 0 Å². The van der Waals surface area contributed by atoms with Gasteiger partial charge in [0, 0.05) is 0 Å². The third-order valence-corrected chi connectivity index (χ3v) is 2.83. The number of carbonyl (C=O) groups is 1. The van der Waals surface area contributed by atoms with Gasteiger partial charge in [-0.25, -0.2) is 4.79 Å². The number of aliphatic hydroxyl groups is 1. The van der Waals surface area contributed by atoms with Gasteiger partial charge in [0.1, 0.15) is 0 Å². The molecule has 1 unspecified atom stereocenters. The first-order chi connectivity index (χ1) is 8.22. The van der Waals surface area contributed by atoms with Crippen molar-refractivity contribution in [3.8, 4) is 0 Å². The van der Waals surface area contributed by atoms with Crippen LogP contribution in [0.5, 0.6) is 0 Å². The van der Waals surface area contributed by atoms with E-state index in [0.717, 1.165) is 17.5 Å². The zero-order chi connectivity index (χ0) is 12.3. The minimum Gasteiger partial charge on any atom is -0.464 e. The number of fused-ring (bicyclic) bond motifs is 1. The Kier molecular flexibility index (Phi) is 3.76. The molecule has 4 heteroatoms. The lowest BCUT2D eigenvalue weighted by atomic mass is 9.98. The van der Waals surface area contributed by atoms with Gasteiger partial charge in [0.05, 0.1) is 19.8 Å². The van der Waals surface area contributed by atoms with Crippen molar-refractivity contribution in [1.82, 2.24) is 0 Å². The Morgan fingerprint density at radius 1 is 1.53 bits per heavy atom. The fraction of sp³-hybridized carbons (Fsp3) is 0.462. The van der Waals surface area contributed by atoms with Gasteiger partial charge in [-0.3, -0.25) is 0 Å². The van der Waals surface area contributed by atoms with Gasteiger partial charge in [-0.1, -0.05) is 18.2 Å². The van der Waals surface area contributed by atoms with Crippen LogP contribution in [0.25, 0.3) is 0 Å². The van der Waals surface area contributed by atoms with E-state index in [9.17, 15) is 9.90 Å². The molecule has 0 saturated carbocycles. The van der Waals surface area contributed by atoms with E-state index >= 15 is 0 Å². The average Bonchev–Trinajstić information content (AvgIpc) is 2.37. The molecule has 0 bridgehead atoms. The van der Waals surface area contributed by atoms with E-state index in [1.807, 2.05) is 12.1 Å². The second kappa shape index (κ2) is 5.29. The highest BCUT2D eigenvalue weighted by Gasteiger charge is 2.20. The van der Waals surface area contributed by atoms with Gasteiger partial charge in [0.2, 0.25) is 0 Å². The molecule has 0 aliphatic carbocycles. The number of hydrogen-bond acceptors (Lipinski definition) is 4. The summed E-state index contributed by atoms with van der Waals surface area (Å²) in [6.45, 7) is 3.28. The molecule has 1 aliphatic heterocycles. The topological polar surface area (TPSA) is 55.8 Å². The highest BCUT2D eigenvalue weighted by atomic mass is 16.5. The SMILES string of the molecule is CCOC(=O)C(O)c1ccc2c(c1)CCOC2. The van der Waals surface area contributed by atoms with Crippen LogP contribution in [0.1, 0.15) is 29.7 Å². The Labute approximate surface area is 100 Å². The minimum absolute atomic E-state index is 0.272. The van der Waals surface area contributed by atoms with Crippen LogP contribution in [0.2, 0.25) is 0 Å². The fourth-order valence-electron chi connectivity index (χ4n) is 1.91. The zero-order valence-electron chi connectivity index (χ0n) is 9.81. The molecule has 0 radical (unpaired) electrons. The van der Waals surface area contributed by atoms with Crippen molar-refractivity contribution in [2.24, 2.45) is 0 Å². The van der Waals surface area contributed by atoms with E-state index in [4.69, 9.17) is 9.47 Å². The molecule has 1 N–H and O–H groups in total. The maximum Gasteiger partial charge on any atom is 0.339 e. The van der Waals surface area contributed by atoms with Crippen LogP contribution in [0, 0.1) is 0 Å². The molecule has 92 valence electrons. The summed E-state index contributed by atoms with van der Waals surface area (Å²) in [5, 5.41) is 9.82. The summed E-state index contributed by atoms with van der Waals surface area (Å²) < 4.78 is 10.1. The fourth-order valence-corrected chi connectivity index (χ4v) is 1.91. The lowest BCUT2D eigenvalue weighted by Gasteiger charge is -2.18. The molecule has 0 saturated heterocycles. The number of ether oxygens (including phenoxy) is 2. The first-order valence-electron chi connectivity index (χ1n) is 5.76. The average molecular weight is 236 g/mol. The maximum absolute atomic E-state index is 11.4. The molecule has 0 aromatic heterocycles. The number of aliphatic hydroxyl groups excluding tert-OH is 1. The first kappa shape index (κ1) is 12.1. The van der Waals surface area contributed by atoms with E-state index < -0.39 is 12.1 Å². The molecule has 0 amide bonds. The summed E-state index contributed by atoms with van der Waals surface area (Å²) in [7, 11) is 0. The highest BCUT2D eigenvalue weighted by Crippen LogP contribution is 2.22. The second-order valence-corrected chi connectivity index (χ2v) is 3.99. The van der Waals surface area contributed by atoms with Crippen molar-refractivity contribution < 1.29 is 19.4 Å². The second-order valence-electron chi connectivity index (χ2n) is 3.99. The van der Waals surface area contributed by atoms with E-state index in [2.05, 4.69) is 0 Å². The lowest BCUT2D eigenvalue weighted by molar-refractivity contribution is -0.153. The summed E-state index contributed by atoms with van der Waals surface area (Å²) in [4.78, 5) is 11.4. The Hall–Kier alpha value is -1.39. The number of hydrogen-bond donors (Lipinski definition) is 1. The van der Waals surface area contributed by atoms with Crippen LogP contribution >= 0.6 is 0 Å². The molecule has 17 heavy (non-hydrogen) atoms. The predicted molar refractivity (Wildman–Crippen MR) is 61.4 cm³/mol. The molecule has 1 aromatic rings. The van der Waals surface area contributed by atoms with Gasteiger partial charge in [-0.05, 0) is 30.0 Å². The quantitative estimate of drug-likeness (QED) is 0.805. The van der Waals surface area contributed by atoms with Crippen LogP contribution in [0.4, 0.5) is 0 Å². The lowest BCUT2D eigenvalue weighted by Crippen LogP contribution is -2.17. The maximum atomic E-state index is 11.4. The van der Waals surface area contributed by atoms with Gasteiger partial charge in [0.25, 0.3) is 0 Å². The highest BCUT2D eigenvalue weighted by molar-refractivity contribution is 5.76. The van der Waals surface area contributed by atoms with Gasteiger partial charge < -0.3 is 14.6 Å². The molecule has 1 heterocycles. The summed E-state index contributed by atoms with van der Waals surface area (Å²) >= 11 is 0. The van der Waals surface area contributed by atoms with Crippen molar-refractivity contribution >= 4 is 5.97 Å². The standard InChI is InChI=1S/C13H16O4/c1-2-17-13(15)12(14)10-3-4-11-8-16-6-5-9(11)7-10/h3-4,7,12,14H,2,5-6,8H2,1H3. The number of rotatable bonds is 3. The smallest absolute Gasteiger partial charge is 0.339 e. The van der Waals surface area contributed by atoms with Gasteiger partial charge >= 0.3 is 5.97 Å². The van der Waals surface area contributed by atoms with Crippen LogP contribution < -0.4 is 0 Å². The van der Waals surface area contributed by atoms with Crippen LogP contribution in [-0.4, -0.2) is 24.3 Å². The van der Waals surface area contributed by atoms with Crippen LogP contribution in [0.15, 0.2) is 18.2 Å². The molecule has 1 aliphatic rings.